The highest BCUT2D eigenvalue weighted by molar-refractivity contribution is 8.14. The Morgan fingerprint density at radius 1 is 1.25 bits per heavy atom. The third-order valence-electron chi connectivity index (χ3n) is 2.85. The molecule has 0 radical (unpaired) electrons. The van der Waals surface area contributed by atoms with Crippen molar-refractivity contribution in [1.82, 2.24) is 4.90 Å². The third-order valence-corrected chi connectivity index (χ3v) is 3.73. The van der Waals surface area contributed by atoms with Crippen molar-refractivity contribution in [1.29, 1.82) is 0 Å². The molecule has 0 saturated heterocycles. The number of rotatable bonds is 7. The zero-order valence-corrected chi connectivity index (χ0v) is 13.2. The fourth-order valence-corrected chi connectivity index (χ4v) is 2.45. The van der Waals surface area contributed by atoms with Crippen molar-refractivity contribution in [3.63, 3.8) is 0 Å². The molecule has 0 fully saturated rings. The standard InChI is InChI=1S/C13H18N2O3S.ClH/c1-3-14(4-2)9-10-19-13(16)11-5-7-12(8-6-11)15(17)18;/h5-8H,3-4,9-10H2,1-2H3;1H. The van der Waals surface area contributed by atoms with Crippen LogP contribution in [0.3, 0.4) is 0 Å². The predicted molar refractivity (Wildman–Crippen MR) is 84.9 cm³/mol. The van der Waals surface area contributed by atoms with E-state index in [0.29, 0.717) is 5.56 Å². The van der Waals surface area contributed by atoms with Crippen LogP contribution in [0, 0.1) is 10.1 Å². The van der Waals surface area contributed by atoms with E-state index in [9.17, 15) is 14.9 Å². The summed E-state index contributed by atoms with van der Waals surface area (Å²) < 4.78 is 0. The van der Waals surface area contributed by atoms with Crippen LogP contribution >= 0.6 is 24.2 Å². The Morgan fingerprint density at radius 2 is 1.80 bits per heavy atom. The van der Waals surface area contributed by atoms with E-state index in [1.165, 1.54) is 36.0 Å². The summed E-state index contributed by atoms with van der Waals surface area (Å²) in [6.07, 6.45) is 0. The minimum atomic E-state index is -0.470. The van der Waals surface area contributed by atoms with E-state index in [-0.39, 0.29) is 23.2 Å². The molecule has 0 aliphatic rings. The number of thioether (sulfide) groups is 1. The monoisotopic (exact) mass is 318 g/mol. The lowest BCUT2D eigenvalue weighted by Gasteiger charge is -2.16. The van der Waals surface area contributed by atoms with Crippen LogP contribution in [-0.4, -0.2) is 40.3 Å². The molecule has 0 aliphatic carbocycles. The van der Waals surface area contributed by atoms with Crippen LogP contribution in [-0.2, 0) is 0 Å². The highest BCUT2D eigenvalue weighted by atomic mass is 35.5. The minimum absolute atomic E-state index is 0. The second-order valence-electron chi connectivity index (χ2n) is 3.97. The Labute approximate surface area is 129 Å². The summed E-state index contributed by atoms with van der Waals surface area (Å²) in [5.74, 6) is 0.734. The quantitative estimate of drug-likeness (QED) is 0.570. The van der Waals surface area contributed by atoms with Crippen LogP contribution in [0.25, 0.3) is 0 Å². The van der Waals surface area contributed by atoms with E-state index in [4.69, 9.17) is 0 Å². The fraction of sp³-hybridized carbons (Fsp3) is 0.462. The zero-order valence-electron chi connectivity index (χ0n) is 11.6. The lowest BCUT2D eigenvalue weighted by molar-refractivity contribution is -0.384. The van der Waals surface area contributed by atoms with Crippen molar-refractivity contribution < 1.29 is 9.72 Å². The van der Waals surface area contributed by atoms with Gasteiger partial charge in [0.05, 0.1) is 4.92 Å². The molecule has 0 bridgehead atoms. The Morgan fingerprint density at radius 3 is 2.25 bits per heavy atom. The number of halogens is 1. The second-order valence-corrected chi connectivity index (χ2v) is 5.03. The molecule has 0 atom stereocenters. The van der Waals surface area contributed by atoms with Crippen LogP contribution in [0.2, 0.25) is 0 Å². The third kappa shape index (κ3) is 5.90. The number of hydrogen-bond donors (Lipinski definition) is 0. The van der Waals surface area contributed by atoms with Gasteiger partial charge in [-0.2, -0.15) is 0 Å². The number of benzene rings is 1. The largest absolute Gasteiger partial charge is 0.303 e. The van der Waals surface area contributed by atoms with Crippen LogP contribution in [0.4, 0.5) is 5.69 Å². The topological polar surface area (TPSA) is 63.5 Å². The van der Waals surface area contributed by atoms with E-state index < -0.39 is 4.92 Å². The Kier molecular flexibility index (Phi) is 9.20. The average molecular weight is 319 g/mol. The van der Waals surface area contributed by atoms with Crippen molar-refractivity contribution in [2.45, 2.75) is 13.8 Å². The van der Waals surface area contributed by atoms with Gasteiger partial charge in [-0.3, -0.25) is 14.9 Å². The average Bonchev–Trinajstić information content (AvgIpc) is 2.43. The van der Waals surface area contributed by atoms with E-state index >= 15 is 0 Å². The molecule has 0 saturated carbocycles. The summed E-state index contributed by atoms with van der Waals surface area (Å²) in [4.78, 5) is 24.1. The van der Waals surface area contributed by atoms with E-state index in [1.54, 1.807) is 0 Å². The van der Waals surface area contributed by atoms with Crippen LogP contribution in [0.1, 0.15) is 24.2 Å². The molecular formula is C13H19ClN2O3S. The summed E-state index contributed by atoms with van der Waals surface area (Å²) in [6, 6.07) is 5.73. The van der Waals surface area contributed by atoms with Gasteiger partial charge < -0.3 is 4.90 Å². The number of nitrogens with zero attached hydrogens (tertiary/aromatic N) is 2. The smallest absolute Gasteiger partial charge is 0.269 e. The van der Waals surface area contributed by atoms with Gasteiger partial charge in [-0.15, -0.1) is 12.4 Å². The Hall–Kier alpha value is -1.11. The van der Waals surface area contributed by atoms with E-state index in [0.717, 1.165) is 25.4 Å². The van der Waals surface area contributed by atoms with Crippen LogP contribution in [0.5, 0.6) is 0 Å². The Balaban J connectivity index is 0.00000361. The minimum Gasteiger partial charge on any atom is -0.303 e. The van der Waals surface area contributed by atoms with Crippen molar-refractivity contribution >= 4 is 35.0 Å². The number of nitro benzene ring substituents is 1. The maximum absolute atomic E-state index is 11.9. The molecule has 7 heteroatoms. The first-order chi connectivity index (χ1) is 9.08. The summed E-state index contributed by atoms with van der Waals surface area (Å²) >= 11 is 1.25. The molecule has 20 heavy (non-hydrogen) atoms. The maximum Gasteiger partial charge on any atom is 0.269 e. The first kappa shape index (κ1) is 18.9. The van der Waals surface area contributed by atoms with Gasteiger partial charge in [0.1, 0.15) is 0 Å². The number of hydrogen-bond acceptors (Lipinski definition) is 5. The lowest BCUT2D eigenvalue weighted by atomic mass is 10.2. The van der Waals surface area contributed by atoms with Gasteiger partial charge in [0.15, 0.2) is 0 Å². The van der Waals surface area contributed by atoms with Crippen molar-refractivity contribution in [3.05, 3.63) is 39.9 Å². The van der Waals surface area contributed by atoms with Crippen molar-refractivity contribution in [2.75, 3.05) is 25.4 Å². The molecule has 0 aliphatic heterocycles. The molecular weight excluding hydrogens is 300 g/mol. The highest BCUT2D eigenvalue weighted by Crippen LogP contribution is 2.17. The molecule has 0 amide bonds. The Bertz CT molecular complexity index is 436. The van der Waals surface area contributed by atoms with Gasteiger partial charge in [0.25, 0.3) is 5.69 Å². The van der Waals surface area contributed by atoms with Gasteiger partial charge >= 0.3 is 0 Å². The molecule has 0 N–H and O–H groups in total. The maximum atomic E-state index is 11.9. The summed E-state index contributed by atoms with van der Waals surface area (Å²) in [5, 5.41) is 10.5. The molecule has 112 valence electrons. The van der Waals surface area contributed by atoms with Gasteiger partial charge in [0.2, 0.25) is 5.12 Å². The molecule has 0 unspecified atom stereocenters. The first-order valence-corrected chi connectivity index (χ1v) is 7.21. The molecule has 5 nitrogen and oxygen atoms in total. The van der Waals surface area contributed by atoms with E-state index in [1.807, 2.05) is 0 Å². The number of non-ortho nitro benzene ring substituents is 1. The molecule has 0 spiro atoms. The zero-order chi connectivity index (χ0) is 14.3. The molecule has 1 aromatic carbocycles. The molecule has 0 aromatic heterocycles. The molecule has 1 rings (SSSR count). The fourth-order valence-electron chi connectivity index (χ4n) is 1.61. The van der Waals surface area contributed by atoms with Crippen molar-refractivity contribution in [3.8, 4) is 0 Å². The summed E-state index contributed by atoms with van der Waals surface area (Å²) in [7, 11) is 0. The normalized spacial score (nSPS) is 10.2. The number of carbonyl (C=O) groups is 1. The highest BCUT2D eigenvalue weighted by Gasteiger charge is 2.10. The second kappa shape index (κ2) is 9.74. The SMILES string of the molecule is CCN(CC)CCSC(=O)c1ccc([N+](=O)[O-])cc1.Cl. The van der Waals surface area contributed by atoms with Crippen LogP contribution in [0.15, 0.2) is 24.3 Å². The summed E-state index contributed by atoms with van der Waals surface area (Å²) in [6.45, 7) is 7.00. The van der Waals surface area contributed by atoms with Gasteiger partial charge in [-0.05, 0) is 25.2 Å². The number of carbonyl (C=O) groups excluding carboxylic acids is 1. The first-order valence-electron chi connectivity index (χ1n) is 6.22. The van der Waals surface area contributed by atoms with E-state index in [2.05, 4.69) is 18.7 Å². The van der Waals surface area contributed by atoms with Crippen LogP contribution < -0.4 is 0 Å². The molecule has 0 heterocycles. The van der Waals surface area contributed by atoms with Gasteiger partial charge in [-0.1, -0.05) is 25.6 Å². The van der Waals surface area contributed by atoms with Crippen molar-refractivity contribution in [2.24, 2.45) is 0 Å². The van der Waals surface area contributed by atoms with Gasteiger partial charge in [-0.25, -0.2) is 0 Å². The predicted octanol–water partition coefficient (Wildman–Crippen LogP) is 3.23. The lowest BCUT2D eigenvalue weighted by Crippen LogP contribution is -2.25. The van der Waals surface area contributed by atoms with Gasteiger partial charge in [0, 0.05) is 30.0 Å². The number of nitro groups is 1. The summed E-state index contributed by atoms with van der Waals surface area (Å²) in [5.41, 5.74) is 0.514. The molecule has 1 aromatic rings.